The molecule has 1 atom stereocenters. The van der Waals surface area contributed by atoms with Crippen LogP contribution in [0.5, 0.6) is 0 Å². The summed E-state index contributed by atoms with van der Waals surface area (Å²) in [4.78, 5) is 11.9. The van der Waals surface area contributed by atoms with Gasteiger partial charge in [0.1, 0.15) is 0 Å². The standard InChI is InChI=1S/C16H22O2/c1-3-15(16(17)18-4-2)14-10-6-9-13(11-14)12-7-5-8-12/h6,9-12,15H,3-5,7-8H2,1-2H3. The molecule has 2 nitrogen and oxygen atoms in total. The van der Waals surface area contributed by atoms with Gasteiger partial charge in [0.2, 0.25) is 0 Å². The van der Waals surface area contributed by atoms with Gasteiger partial charge in [0.25, 0.3) is 0 Å². The summed E-state index contributed by atoms with van der Waals surface area (Å²) in [6, 6.07) is 8.51. The first kappa shape index (κ1) is 13.1. The molecule has 1 fully saturated rings. The van der Waals surface area contributed by atoms with Crippen LogP contribution in [0.15, 0.2) is 24.3 Å². The van der Waals surface area contributed by atoms with Crippen molar-refractivity contribution in [3.05, 3.63) is 35.4 Å². The summed E-state index contributed by atoms with van der Waals surface area (Å²) < 4.78 is 5.15. The zero-order chi connectivity index (χ0) is 13.0. The van der Waals surface area contributed by atoms with Crippen LogP contribution in [-0.2, 0) is 9.53 Å². The van der Waals surface area contributed by atoms with E-state index < -0.39 is 0 Å². The van der Waals surface area contributed by atoms with Gasteiger partial charge in [0.15, 0.2) is 0 Å². The van der Waals surface area contributed by atoms with Gasteiger partial charge < -0.3 is 4.74 Å². The predicted octanol–water partition coefficient (Wildman–Crippen LogP) is 4.01. The Morgan fingerprint density at radius 3 is 2.72 bits per heavy atom. The Morgan fingerprint density at radius 1 is 1.39 bits per heavy atom. The van der Waals surface area contributed by atoms with Gasteiger partial charge >= 0.3 is 5.97 Å². The average molecular weight is 246 g/mol. The molecule has 1 aliphatic rings. The maximum atomic E-state index is 11.9. The molecule has 0 amide bonds. The number of carbonyl (C=O) groups is 1. The average Bonchev–Trinajstić information content (AvgIpc) is 2.28. The second-order valence-corrected chi connectivity index (χ2v) is 5.01. The molecule has 0 spiro atoms. The van der Waals surface area contributed by atoms with Crippen LogP contribution in [0.1, 0.15) is 62.5 Å². The molecular weight excluding hydrogens is 224 g/mol. The van der Waals surface area contributed by atoms with Crippen LogP contribution in [0.25, 0.3) is 0 Å². The van der Waals surface area contributed by atoms with Crippen molar-refractivity contribution >= 4 is 5.97 Å². The minimum absolute atomic E-state index is 0.0919. The van der Waals surface area contributed by atoms with Crippen molar-refractivity contribution in [2.24, 2.45) is 0 Å². The molecule has 1 unspecified atom stereocenters. The Labute approximate surface area is 109 Å². The van der Waals surface area contributed by atoms with Crippen molar-refractivity contribution in [2.45, 2.75) is 51.4 Å². The fourth-order valence-corrected chi connectivity index (χ4v) is 2.55. The van der Waals surface area contributed by atoms with Gasteiger partial charge in [-0.1, -0.05) is 37.6 Å². The van der Waals surface area contributed by atoms with Gasteiger partial charge in [-0.3, -0.25) is 4.79 Å². The molecule has 0 N–H and O–H groups in total. The van der Waals surface area contributed by atoms with E-state index in [1.807, 2.05) is 19.9 Å². The molecule has 2 heteroatoms. The first-order chi connectivity index (χ1) is 8.76. The molecule has 18 heavy (non-hydrogen) atoms. The first-order valence-electron chi connectivity index (χ1n) is 7.02. The highest BCUT2D eigenvalue weighted by atomic mass is 16.5. The molecule has 0 heterocycles. The summed E-state index contributed by atoms with van der Waals surface area (Å²) in [5.41, 5.74) is 2.50. The minimum Gasteiger partial charge on any atom is -0.466 e. The number of ether oxygens (including phenoxy) is 1. The van der Waals surface area contributed by atoms with E-state index >= 15 is 0 Å². The van der Waals surface area contributed by atoms with E-state index in [-0.39, 0.29) is 11.9 Å². The van der Waals surface area contributed by atoms with Gasteiger partial charge in [-0.15, -0.1) is 0 Å². The molecule has 0 saturated heterocycles. The van der Waals surface area contributed by atoms with Gasteiger partial charge in [0.05, 0.1) is 12.5 Å². The third-order valence-electron chi connectivity index (χ3n) is 3.87. The molecule has 1 aromatic rings. The molecular formula is C16H22O2. The van der Waals surface area contributed by atoms with Gasteiger partial charge in [0, 0.05) is 0 Å². The van der Waals surface area contributed by atoms with Crippen LogP contribution in [0.2, 0.25) is 0 Å². The topological polar surface area (TPSA) is 26.3 Å². The Kier molecular flexibility index (Phi) is 4.40. The quantitative estimate of drug-likeness (QED) is 0.734. The summed E-state index contributed by atoms with van der Waals surface area (Å²) in [6.07, 6.45) is 4.72. The molecule has 1 aliphatic carbocycles. The van der Waals surface area contributed by atoms with Crippen molar-refractivity contribution in [1.29, 1.82) is 0 Å². The van der Waals surface area contributed by atoms with Crippen LogP contribution < -0.4 is 0 Å². The smallest absolute Gasteiger partial charge is 0.313 e. The number of carbonyl (C=O) groups excluding carboxylic acids is 1. The van der Waals surface area contributed by atoms with E-state index in [9.17, 15) is 4.79 Å². The van der Waals surface area contributed by atoms with Crippen LogP contribution in [0, 0.1) is 0 Å². The zero-order valence-electron chi connectivity index (χ0n) is 11.3. The number of rotatable bonds is 5. The number of esters is 1. The maximum absolute atomic E-state index is 11.9. The second kappa shape index (κ2) is 6.03. The molecule has 1 saturated carbocycles. The molecule has 0 radical (unpaired) electrons. The second-order valence-electron chi connectivity index (χ2n) is 5.01. The lowest BCUT2D eigenvalue weighted by Gasteiger charge is -2.26. The van der Waals surface area contributed by atoms with Gasteiger partial charge in [-0.05, 0) is 43.2 Å². The fraction of sp³-hybridized carbons (Fsp3) is 0.562. The highest BCUT2D eigenvalue weighted by Crippen LogP contribution is 2.37. The largest absolute Gasteiger partial charge is 0.466 e. The molecule has 98 valence electrons. The normalized spacial score (nSPS) is 17.0. The van der Waals surface area contributed by atoms with Gasteiger partial charge in [-0.2, -0.15) is 0 Å². The van der Waals surface area contributed by atoms with Crippen LogP contribution in [0.3, 0.4) is 0 Å². The Hall–Kier alpha value is -1.31. The third-order valence-corrected chi connectivity index (χ3v) is 3.87. The molecule has 2 rings (SSSR count). The summed E-state index contributed by atoms with van der Waals surface area (Å²) in [5.74, 6) is 0.514. The van der Waals surface area contributed by atoms with Crippen molar-refractivity contribution < 1.29 is 9.53 Å². The Bertz CT molecular complexity index is 407. The fourth-order valence-electron chi connectivity index (χ4n) is 2.55. The Balaban J connectivity index is 2.16. The van der Waals surface area contributed by atoms with Gasteiger partial charge in [-0.25, -0.2) is 0 Å². The summed E-state index contributed by atoms with van der Waals surface area (Å²) >= 11 is 0. The van der Waals surface area contributed by atoms with E-state index in [2.05, 4.69) is 18.2 Å². The predicted molar refractivity (Wildman–Crippen MR) is 72.7 cm³/mol. The number of benzene rings is 1. The summed E-state index contributed by atoms with van der Waals surface area (Å²) in [6.45, 7) is 4.35. The first-order valence-corrected chi connectivity index (χ1v) is 7.02. The van der Waals surface area contributed by atoms with Crippen molar-refractivity contribution in [3.8, 4) is 0 Å². The Morgan fingerprint density at radius 2 is 2.17 bits per heavy atom. The summed E-state index contributed by atoms with van der Waals surface area (Å²) in [7, 11) is 0. The van der Waals surface area contributed by atoms with Crippen LogP contribution in [0.4, 0.5) is 0 Å². The zero-order valence-corrected chi connectivity index (χ0v) is 11.3. The van der Waals surface area contributed by atoms with Crippen LogP contribution in [-0.4, -0.2) is 12.6 Å². The lowest BCUT2D eigenvalue weighted by Crippen LogP contribution is -2.16. The van der Waals surface area contributed by atoms with Crippen molar-refractivity contribution in [1.82, 2.24) is 0 Å². The molecule has 1 aromatic carbocycles. The lowest BCUT2D eigenvalue weighted by atomic mass is 9.79. The number of hydrogen-bond donors (Lipinski definition) is 0. The van der Waals surface area contributed by atoms with E-state index in [1.54, 1.807) is 0 Å². The van der Waals surface area contributed by atoms with E-state index in [0.29, 0.717) is 12.5 Å². The van der Waals surface area contributed by atoms with E-state index in [4.69, 9.17) is 4.74 Å². The van der Waals surface area contributed by atoms with Crippen molar-refractivity contribution in [2.75, 3.05) is 6.61 Å². The monoisotopic (exact) mass is 246 g/mol. The minimum atomic E-state index is -0.107. The molecule has 0 aromatic heterocycles. The maximum Gasteiger partial charge on any atom is 0.313 e. The molecule has 0 bridgehead atoms. The van der Waals surface area contributed by atoms with E-state index in [1.165, 1.54) is 24.8 Å². The van der Waals surface area contributed by atoms with E-state index in [0.717, 1.165) is 12.0 Å². The van der Waals surface area contributed by atoms with Crippen molar-refractivity contribution in [3.63, 3.8) is 0 Å². The molecule has 0 aliphatic heterocycles. The number of hydrogen-bond acceptors (Lipinski definition) is 2. The summed E-state index contributed by atoms with van der Waals surface area (Å²) in [5, 5.41) is 0. The highest BCUT2D eigenvalue weighted by Gasteiger charge is 2.23. The highest BCUT2D eigenvalue weighted by molar-refractivity contribution is 5.78. The third kappa shape index (κ3) is 2.74. The SMILES string of the molecule is CCOC(=O)C(CC)c1cccc(C2CCC2)c1. The van der Waals surface area contributed by atoms with Crippen LogP contribution >= 0.6 is 0 Å². The lowest BCUT2D eigenvalue weighted by molar-refractivity contribution is -0.145.